The number of piperazine rings is 1. The first-order chi connectivity index (χ1) is 9.74. The largest absolute Gasteiger partial charge is 0.361 e. The van der Waals surface area contributed by atoms with Crippen LogP contribution in [0, 0.1) is 11.2 Å². The van der Waals surface area contributed by atoms with Crippen molar-refractivity contribution in [1.82, 2.24) is 10.2 Å². The lowest BCUT2D eigenvalue weighted by Crippen LogP contribution is -2.45. The van der Waals surface area contributed by atoms with Crippen molar-refractivity contribution in [2.24, 2.45) is 4.99 Å². The van der Waals surface area contributed by atoms with E-state index in [1.165, 1.54) is 8.93 Å². The number of benzene rings is 1. The fraction of sp³-hybridized carbons (Fsp3) is 0.286. The summed E-state index contributed by atoms with van der Waals surface area (Å²) < 4.78 is 0. The number of carbonyl (C=O) groups excluding carboxylic acids is 1. The number of aldehydes is 1. The first-order valence-electron chi connectivity index (χ1n) is 6.12. The van der Waals surface area contributed by atoms with Crippen molar-refractivity contribution < 1.29 is 4.79 Å². The Kier molecular flexibility index (Phi) is 5.88. The average molecular weight is 399 g/mol. The number of hydrogen-bond donors (Lipinski definition) is 1. The molecule has 1 aliphatic rings. The van der Waals surface area contributed by atoms with Crippen molar-refractivity contribution in [2.75, 3.05) is 26.7 Å². The summed E-state index contributed by atoms with van der Waals surface area (Å²) in [6.07, 6.45) is 0.833. The molecule has 2 rings (SSSR count). The Hall–Kier alpha value is -1.04. The van der Waals surface area contributed by atoms with E-state index in [1.807, 2.05) is 19.2 Å². The van der Waals surface area contributed by atoms with E-state index in [-0.39, 0.29) is 0 Å². The van der Waals surface area contributed by atoms with E-state index in [9.17, 15) is 4.79 Å². The van der Waals surface area contributed by atoms with Crippen molar-refractivity contribution in [3.63, 3.8) is 0 Å². The highest BCUT2D eigenvalue weighted by molar-refractivity contribution is 14.2. The highest BCUT2D eigenvalue weighted by Crippen LogP contribution is 2.20. The van der Waals surface area contributed by atoms with Gasteiger partial charge in [0.05, 0.1) is 12.2 Å². The molecule has 0 amide bonds. The topological polar surface area (TPSA) is 44.7 Å². The van der Waals surface area contributed by atoms with Crippen LogP contribution in [0.15, 0.2) is 23.2 Å². The minimum atomic E-state index is 0.587. The van der Waals surface area contributed by atoms with Gasteiger partial charge in [0.25, 0.3) is 0 Å². The molecule has 0 aromatic heterocycles. The SMILES string of the molecule is CN1CCNCC1=Nc1cc(C#CSI)ccc1C=O. The predicted octanol–water partition coefficient (Wildman–Crippen LogP) is 2.46. The van der Waals surface area contributed by atoms with Crippen LogP contribution in [-0.4, -0.2) is 43.7 Å². The molecule has 1 aliphatic heterocycles. The summed E-state index contributed by atoms with van der Waals surface area (Å²) in [6, 6.07) is 5.47. The molecule has 6 heteroatoms. The zero-order valence-electron chi connectivity index (χ0n) is 11.0. The van der Waals surface area contributed by atoms with Crippen molar-refractivity contribution in [2.45, 2.75) is 0 Å². The highest BCUT2D eigenvalue weighted by atomic mass is 127. The van der Waals surface area contributed by atoms with Gasteiger partial charge in [-0.1, -0.05) is 5.92 Å². The summed E-state index contributed by atoms with van der Waals surface area (Å²) in [7, 11) is 3.44. The molecule has 1 heterocycles. The Balaban J connectivity index is 2.37. The molecule has 1 saturated heterocycles. The molecule has 0 spiro atoms. The first-order valence-corrected chi connectivity index (χ1v) is 9.48. The van der Waals surface area contributed by atoms with Crippen molar-refractivity contribution >= 4 is 47.9 Å². The van der Waals surface area contributed by atoms with Gasteiger partial charge in [-0.3, -0.25) is 4.79 Å². The lowest BCUT2D eigenvalue weighted by molar-refractivity contribution is 0.112. The fourth-order valence-electron chi connectivity index (χ4n) is 1.87. The molecule has 4 nitrogen and oxygen atoms in total. The van der Waals surface area contributed by atoms with E-state index in [0.29, 0.717) is 17.8 Å². The number of amidine groups is 1. The van der Waals surface area contributed by atoms with Gasteiger partial charge in [0, 0.05) is 52.5 Å². The molecule has 1 aromatic rings. The van der Waals surface area contributed by atoms with Gasteiger partial charge in [-0.15, -0.1) is 0 Å². The second-order valence-electron chi connectivity index (χ2n) is 4.32. The molecule has 0 aliphatic carbocycles. The van der Waals surface area contributed by atoms with E-state index in [0.717, 1.165) is 30.8 Å². The van der Waals surface area contributed by atoms with Gasteiger partial charge >= 0.3 is 0 Å². The third-order valence-corrected chi connectivity index (χ3v) is 3.83. The van der Waals surface area contributed by atoms with Crippen LogP contribution in [0.5, 0.6) is 0 Å². The number of likely N-dealkylation sites (N-methyl/N-ethyl adjacent to an activating group) is 1. The van der Waals surface area contributed by atoms with Gasteiger partial charge < -0.3 is 10.2 Å². The van der Waals surface area contributed by atoms with Gasteiger partial charge in [-0.25, -0.2) is 4.99 Å². The number of halogens is 1. The van der Waals surface area contributed by atoms with E-state index in [1.54, 1.807) is 6.07 Å². The summed E-state index contributed by atoms with van der Waals surface area (Å²) >= 11 is 2.13. The van der Waals surface area contributed by atoms with Crippen LogP contribution in [0.1, 0.15) is 15.9 Å². The fourth-order valence-corrected chi connectivity index (χ4v) is 2.36. The molecular formula is C14H14IN3OS. The van der Waals surface area contributed by atoms with Crippen LogP contribution in [0.2, 0.25) is 0 Å². The van der Waals surface area contributed by atoms with Crippen LogP contribution in [0.4, 0.5) is 5.69 Å². The van der Waals surface area contributed by atoms with Gasteiger partial charge in [-0.2, -0.15) is 0 Å². The third-order valence-electron chi connectivity index (χ3n) is 2.99. The molecule has 0 atom stereocenters. The normalized spacial score (nSPS) is 16.7. The zero-order valence-corrected chi connectivity index (χ0v) is 14.0. The van der Waals surface area contributed by atoms with E-state index in [4.69, 9.17) is 0 Å². The summed E-state index contributed by atoms with van der Waals surface area (Å²) in [5.74, 6) is 3.96. The maximum Gasteiger partial charge on any atom is 0.152 e. The van der Waals surface area contributed by atoms with Crippen molar-refractivity contribution in [3.05, 3.63) is 29.3 Å². The van der Waals surface area contributed by atoms with Gasteiger partial charge in [0.15, 0.2) is 6.29 Å². The highest BCUT2D eigenvalue weighted by Gasteiger charge is 2.12. The van der Waals surface area contributed by atoms with Crippen LogP contribution in [-0.2, 0) is 0 Å². The Morgan fingerprint density at radius 2 is 2.40 bits per heavy atom. The Bertz CT molecular complexity index is 592. The number of aliphatic imine (C=N–C) groups is 1. The Morgan fingerprint density at radius 1 is 1.55 bits per heavy atom. The second-order valence-corrected chi connectivity index (χ2v) is 6.00. The van der Waals surface area contributed by atoms with Crippen LogP contribution < -0.4 is 5.32 Å². The molecule has 0 bridgehead atoms. The number of rotatable bonds is 2. The Morgan fingerprint density at radius 3 is 3.10 bits per heavy atom. The number of nitrogens with zero attached hydrogens (tertiary/aromatic N) is 2. The van der Waals surface area contributed by atoms with Gasteiger partial charge in [0.2, 0.25) is 0 Å². The monoisotopic (exact) mass is 399 g/mol. The van der Waals surface area contributed by atoms with E-state index >= 15 is 0 Å². The molecule has 104 valence electrons. The van der Waals surface area contributed by atoms with E-state index in [2.05, 4.69) is 47.6 Å². The molecule has 1 aromatic carbocycles. The summed E-state index contributed by atoms with van der Waals surface area (Å²) in [5.41, 5.74) is 2.13. The number of nitrogens with one attached hydrogen (secondary N) is 1. The molecule has 0 unspecified atom stereocenters. The lowest BCUT2D eigenvalue weighted by Gasteiger charge is -2.27. The van der Waals surface area contributed by atoms with Crippen molar-refractivity contribution in [3.8, 4) is 11.2 Å². The van der Waals surface area contributed by atoms with Crippen LogP contribution in [0.3, 0.4) is 0 Å². The number of carbonyl (C=O) groups is 1. The van der Waals surface area contributed by atoms with Crippen molar-refractivity contribution in [1.29, 1.82) is 0 Å². The maximum atomic E-state index is 11.1. The Labute approximate surface area is 135 Å². The smallest absolute Gasteiger partial charge is 0.152 e. The zero-order chi connectivity index (χ0) is 14.4. The molecular weight excluding hydrogens is 385 g/mol. The molecule has 1 N–H and O–H groups in total. The second kappa shape index (κ2) is 7.67. The van der Waals surface area contributed by atoms with Gasteiger partial charge in [0.1, 0.15) is 5.84 Å². The maximum absolute atomic E-state index is 11.1. The predicted molar refractivity (Wildman–Crippen MR) is 92.9 cm³/mol. The molecule has 1 fully saturated rings. The van der Waals surface area contributed by atoms with E-state index < -0.39 is 0 Å². The molecule has 0 saturated carbocycles. The standard InChI is InChI=1S/C14H14IN3OS/c1-18-6-5-16-9-14(18)17-13-8-11(4-7-20-15)2-3-12(13)10-19/h2-3,8,10,16H,5-6,9H2,1H3. The molecule has 0 radical (unpaired) electrons. The number of hydrogen-bond acceptors (Lipinski definition) is 4. The third kappa shape index (κ3) is 3.98. The van der Waals surface area contributed by atoms with Crippen LogP contribution in [0.25, 0.3) is 0 Å². The minimum absolute atomic E-state index is 0.587. The molecule has 20 heavy (non-hydrogen) atoms. The summed E-state index contributed by atoms with van der Waals surface area (Å²) in [5, 5.41) is 6.21. The van der Waals surface area contributed by atoms with Crippen LogP contribution >= 0.6 is 30.1 Å². The lowest BCUT2D eigenvalue weighted by atomic mass is 10.1. The summed E-state index contributed by atoms with van der Waals surface area (Å²) in [6.45, 7) is 2.59. The quantitative estimate of drug-likeness (QED) is 0.472. The summed E-state index contributed by atoms with van der Waals surface area (Å²) in [4.78, 5) is 17.8. The average Bonchev–Trinajstić information content (AvgIpc) is 2.48. The first kappa shape index (κ1) is 15.4. The minimum Gasteiger partial charge on any atom is -0.361 e. The van der Waals surface area contributed by atoms with Gasteiger partial charge in [-0.05, 0) is 32.4 Å².